The van der Waals surface area contributed by atoms with Crippen LogP contribution in [-0.2, 0) is 16.1 Å². The van der Waals surface area contributed by atoms with E-state index in [2.05, 4.69) is 10.3 Å². The summed E-state index contributed by atoms with van der Waals surface area (Å²) in [4.78, 5) is 37.9. The Kier molecular flexibility index (Phi) is 5.00. The maximum absolute atomic E-state index is 12.2. The number of H-pyrrole nitrogens is 1. The number of hydrogen-bond acceptors (Lipinski definition) is 3. The zero-order chi connectivity index (χ0) is 16.3. The molecule has 1 fully saturated rings. The smallest absolute Gasteiger partial charge is 0.306 e. The average molecular weight is 306 g/mol. The van der Waals surface area contributed by atoms with E-state index in [0.717, 1.165) is 17.7 Å². The predicted octanol–water partition coefficient (Wildman–Crippen LogP) is 1.50. The first kappa shape index (κ1) is 16.3. The number of carbonyl (C=O) groups excluding carboxylic acids is 1. The van der Waals surface area contributed by atoms with Crippen molar-refractivity contribution >= 4 is 11.9 Å². The summed E-state index contributed by atoms with van der Waals surface area (Å²) in [7, 11) is 0. The van der Waals surface area contributed by atoms with E-state index in [4.69, 9.17) is 5.11 Å². The van der Waals surface area contributed by atoms with Crippen LogP contribution in [-0.4, -0.2) is 22.0 Å². The Labute approximate surface area is 128 Å². The number of hydrogen-bond donors (Lipinski definition) is 3. The number of aromatic nitrogens is 1. The molecule has 1 saturated carbocycles. The third kappa shape index (κ3) is 3.75. The van der Waals surface area contributed by atoms with Crippen molar-refractivity contribution in [3.63, 3.8) is 0 Å². The molecule has 0 radical (unpaired) electrons. The summed E-state index contributed by atoms with van der Waals surface area (Å²) < 4.78 is 0. The minimum absolute atomic E-state index is 0.162. The lowest BCUT2D eigenvalue weighted by molar-refractivity contribution is -0.144. The van der Waals surface area contributed by atoms with Gasteiger partial charge in [-0.1, -0.05) is 6.42 Å². The van der Waals surface area contributed by atoms with E-state index in [0.29, 0.717) is 24.8 Å². The van der Waals surface area contributed by atoms with Gasteiger partial charge in [0, 0.05) is 23.7 Å². The molecule has 0 bridgehead atoms. The summed E-state index contributed by atoms with van der Waals surface area (Å²) in [6.45, 7) is 3.82. The molecule has 0 aliphatic heterocycles. The number of amides is 1. The molecular weight excluding hydrogens is 284 g/mol. The minimum atomic E-state index is -0.830. The van der Waals surface area contributed by atoms with E-state index in [9.17, 15) is 14.4 Å². The molecule has 3 N–H and O–H groups in total. The summed E-state index contributed by atoms with van der Waals surface area (Å²) in [6, 6.07) is 1.87. The molecule has 6 heteroatoms. The minimum Gasteiger partial charge on any atom is -0.481 e. The van der Waals surface area contributed by atoms with Crippen molar-refractivity contribution in [1.29, 1.82) is 0 Å². The molecule has 120 valence electrons. The van der Waals surface area contributed by atoms with Gasteiger partial charge in [-0.2, -0.15) is 0 Å². The number of nitrogens with one attached hydrogen (secondary N) is 2. The summed E-state index contributed by atoms with van der Waals surface area (Å²) in [5.41, 5.74) is 1.98. The van der Waals surface area contributed by atoms with Crippen LogP contribution in [0.4, 0.5) is 0 Å². The quantitative estimate of drug-likeness (QED) is 0.785. The Bertz CT molecular complexity index is 636. The number of pyridine rings is 1. The van der Waals surface area contributed by atoms with Crippen LogP contribution < -0.4 is 10.9 Å². The van der Waals surface area contributed by atoms with Crippen LogP contribution in [0.1, 0.15) is 42.5 Å². The molecule has 2 unspecified atom stereocenters. The monoisotopic (exact) mass is 306 g/mol. The van der Waals surface area contributed by atoms with Crippen molar-refractivity contribution in [3.8, 4) is 0 Å². The number of carbonyl (C=O) groups is 2. The fourth-order valence-corrected chi connectivity index (χ4v) is 3.07. The Morgan fingerprint density at radius 1 is 1.32 bits per heavy atom. The van der Waals surface area contributed by atoms with Crippen molar-refractivity contribution < 1.29 is 14.7 Å². The van der Waals surface area contributed by atoms with E-state index in [1.807, 2.05) is 19.9 Å². The summed E-state index contributed by atoms with van der Waals surface area (Å²) in [6.07, 6.45) is 2.47. The van der Waals surface area contributed by atoms with Gasteiger partial charge >= 0.3 is 5.97 Å². The molecule has 1 heterocycles. The average Bonchev–Trinajstić information content (AvgIpc) is 2.46. The van der Waals surface area contributed by atoms with Gasteiger partial charge in [0.15, 0.2) is 0 Å². The first-order valence-corrected chi connectivity index (χ1v) is 7.58. The van der Waals surface area contributed by atoms with Crippen LogP contribution in [0.2, 0.25) is 0 Å². The maximum atomic E-state index is 12.2. The van der Waals surface area contributed by atoms with Crippen LogP contribution in [0.15, 0.2) is 10.9 Å². The predicted molar refractivity (Wildman–Crippen MR) is 81.5 cm³/mol. The van der Waals surface area contributed by atoms with Crippen LogP contribution in [0, 0.1) is 25.7 Å². The van der Waals surface area contributed by atoms with Crippen molar-refractivity contribution in [1.82, 2.24) is 10.3 Å². The van der Waals surface area contributed by atoms with Crippen LogP contribution in [0.25, 0.3) is 0 Å². The van der Waals surface area contributed by atoms with Crippen molar-refractivity contribution in [3.05, 3.63) is 33.2 Å². The largest absolute Gasteiger partial charge is 0.481 e. The van der Waals surface area contributed by atoms with E-state index in [1.54, 1.807) is 0 Å². The van der Waals surface area contributed by atoms with Crippen LogP contribution in [0.3, 0.4) is 0 Å². The molecule has 1 amide bonds. The van der Waals surface area contributed by atoms with Gasteiger partial charge in [0.25, 0.3) is 5.56 Å². The SMILES string of the molecule is Cc1cc(C)c(CNC(=O)C2CCCC(C(=O)O)C2)c(=O)[nH]1. The van der Waals surface area contributed by atoms with E-state index in [-0.39, 0.29) is 23.9 Å². The Morgan fingerprint density at radius 2 is 2.00 bits per heavy atom. The molecule has 1 aliphatic carbocycles. The third-order valence-electron chi connectivity index (χ3n) is 4.33. The highest BCUT2D eigenvalue weighted by atomic mass is 16.4. The number of aromatic amines is 1. The second-order valence-electron chi connectivity index (χ2n) is 6.06. The molecule has 0 saturated heterocycles. The van der Waals surface area contributed by atoms with Crippen molar-refractivity contribution in [2.75, 3.05) is 0 Å². The van der Waals surface area contributed by atoms with E-state index in [1.165, 1.54) is 0 Å². The summed E-state index contributed by atoms with van der Waals surface area (Å²) in [5, 5.41) is 11.8. The van der Waals surface area contributed by atoms with Gasteiger partial charge in [-0.3, -0.25) is 14.4 Å². The lowest BCUT2D eigenvalue weighted by Crippen LogP contribution is -2.36. The second-order valence-corrected chi connectivity index (χ2v) is 6.06. The van der Waals surface area contributed by atoms with Gasteiger partial charge in [-0.25, -0.2) is 0 Å². The van der Waals surface area contributed by atoms with Crippen molar-refractivity contribution in [2.45, 2.75) is 46.1 Å². The second kappa shape index (κ2) is 6.77. The normalized spacial score (nSPS) is 21.4. The molecule has 6 nitrogen and oxygen atoms in total. The highest BCUT2D eigenvalue weighted by Crippen LogP contribution is 2.29. The zero-order valence-electron chi connectivity index (χ0n) is 12.9. The molecule has 1 aromatic heterocycles. The fourth-order valence-electron chi connectivity index (χ4n) is 3.07. The van der Waals surface area contributed by atoms with Gasteiger partial charge in [0.1, 0.15) is 0 Å². The number of carboxylic acids is 1. The molecule has 22 heavy (non-hydrogen) atoms. The van der Waals surface area contributed by atoms with Gasteiger partial charge in [-0.05, 0) is 44.7 Å². The molecule has 0 spiro atoms. The van der Waals surface area contributed by atoms with E-state index >= 15 is 0 Å². The molecule has 2 rings (SSSR count). The summed E-state index contributed by atoms with van der Waals surface area (Å²) in [5.74, 6) is -1.71. The highest BCUT2D eigenvalue weighted by Gasteiger charge is 2.30. The van der Waals surface area contributed by atoms with Crippen molar-refractivity contribution in [2.24, 2.45) is 11.8 Å². The number of aryl methyl sites for hydroxylation is 2. The zero-order valence-corrected chi connectivity index (χ0v) is 12.9. The number of carboxylic acid groups (broad SMARTS) is 1. The van der Waals surface area contributed by atoms with Gasteiger partial charge in [-0.15, -0.1) is 0 Å². The Hall–Kier alpha value is -2.11. The van der Waals surface area contributed by atoms with Crippen LogP contribution >= 0.6 is 0 Å². The molecule has 0 aromatic carbocycles. The summed E-state index contributed by atoms with van der Waals surface area (Å²) >= 11 is 0. The fraction of sp³-hybridized carbons (Fsp3) is 0.562. The number of rotatable bonds is 4. The Morgan fingerprint density at radius 3 is 2.64 bits per heavy atom. The number of aliphatic carboxylic acids is 1. The first-order chi connectivity index (χ1) is 10.4. The molecule has 1 aromatic rings. The highest BCUT2D eigenvalue weighted by molar-refractivity contribution is 5.80. The topological polar surface area (TPSA) is 99.3 Å². The van der Waals surface area contributed by atoms with Crippen LogP contribution in [0.5, 0.6) is 0 Å². The lowest BCUT2D eigenvalue weighted by atomic mass is 9.81. The van der Waals surface area contributed by atoms with E-state index < -0.39 is 11.9 Å². The van der Waals surface area contributed by atoms with Gasteiger partial charge in [0.2, 0.25) is 5.91 Å². The molecular formula is C16H22N2O4. The lowest BCUT2D eigenvalue weighted by Gasteiger charge is -2.25. The molecule has 2 atom stereocenters. The van der Waals surface area contributed by atoms with Gasteiger partial charge < -0.3 is 15.4 Å². The first-order valence-electron chi connectivity index (χ1n) is 7.58. The maximum Gasteiger partial charge on any atom is 0.306 e. The third-order valence-corrected chi connectivity index (χ3v) is 4.33. The Balaban J connectivity index is 1.98. The standard InChI is InChI=1S/C16H22N2O4/c1-9-6-10(2)18-15(20)13(9)8-17-14(19)11-4-3-5-12(7-11)16(21)22/h6,11-12H,3-5,7-8H2,1-2H3,(H,17,19)(H,18,20)(H,21,22). The molecule has 1 aliphatic rings. The van der Waals surface area contributed by atoms with Gasteiger partial charge in [0.05, 0.1) is 5.92 Å².